The zero-order valence-electron chi connectivity index (χ0n) is 9.48. The maximum atomic E-state index is 11.9. The summed E-state index contributed by atoms with van der Waals surface area (Å²) in [6, 6.07) is 1.88. The van der Waals surface area contributed by atoms with E-state index in [0.29, 0.717) is 13.0 Å². The van der Waals surface area contributed by atoms with Gasteiger partial charge in [-0.3, -0.25) is 4.79 Å². The summed E-state index contributed by atoms with van der Waals surface area (Å²) in [5, 5.41) is 0. The molecule has 88 valence electrons. The van der Waals surface area contributed by atoms with Crippen LogP contribution in [-0.2, 0) is 11.3 Å². The van der Waals surface area contributed by atoms with Crippen LogP contribution in [0.15, 0.2) is 23.0 Å². The highest BCUT2D eigenvalue weighted by Gasteiger charge is 2.43. The molecule has 1 aromatic heterocycles. The van der Waals surface area contributed by atoms with Gasteiger partial charge in [-0.2, -0.15) is 12.6 Å². The van der Waals surface area contributed by atoms with Crippen LogP contribution in [0.5, 0.6) is 0 Å². The van der Waals surface area contributed by atoms with E-state index in [0.717, 1.165) is 24.2 Å². The molecule has 0 bridgehead atoms. The van der Waals surface area contributed by atoms with E-state index in [1.807, 2.05) is 13.1 Å². The van der Waals surface area contributed by atoms with Crippen LogP contribution in [0.1, 0.15) is 24.8 Å². The van der Waals surface area contributed by atoms with Gasteiger partial charge in [0, 0.05) is 25.6 Å². The minimum absolute atomic E-state index is 0.199. The van der Waals surface area contributed by atoms with E-state index in [4.69, 9.17) is 4.42 Å². The fraction of sp³-hybridized carbons (Fsp3) is 0.583. The minimum atomic E-state index is 0.199. The van der Waals surface area contributed by atoms with Crippen LogP contribution < -0.4 is 0 Å². The Bertz CT molecular complexity index is 357. The van der Waals surface area contributed by atoms with Crippen LogP contribution in [0.25, 0.3) is 0 Å². The van der Waals surface area contributed by atoms with Gasteiger partial charge in [-0.25, -0.2) is 0 Å². The number of amides is 1. The lowest BCUT2D eigenvalue weighted by atomic mass is 10.0. The molecule has 0 aromatic carbocycles. The Morgan fingerprint density at radius 3 is 2.88 bits per heavy atom. The standard InChI is InChI=1S/C12H17NO2S/c1-13(7-10-2-5-15-8-10)11(14)6-12(9-16)3-4-12/h2,5,8,16H,3-4,6-7,9H2,1H3. The van der Waals surface area contributed by atoms with Crippen molar-refractivity contribution in [1.82, 2.24) is 4.90 Å². The number of carbonyl (C=O) groups excluding carboxylic acids is 1. The van der Waals surface area contributed by atoms with E-state index in [1.165, 1.54) is 0 Å². The molecule has 0 N–H and O–H groups in total. The maximum absolute atomic E-state index is 11.9. The van der Waals surface area contributed by atoms with Crippen molar-refractivity contribution < 1.29 is 9.21 Å². The van der Waals surface area contributed by atoms with Crippen LogP contribution in [0, 0.1) is 5.41 Å². The molecular weight excluding hydrogens is 222 g/mol. The number of rotatable bonds is 5. The Labute approximate surface area is 101 Å². The van der Waals surface area contributed by atoms with Gasteiger partial charge in [0.15, 0.2) is 0 Å². The second kappa shape index (κ2) is 4.53. The molecule has 0 atom stereocenters. The van der Waals surface area contributed by atoms with E-state index >= 15 is 0 Å². The predicted octanol–water partition coefficient (Wildman–Crippen LogP) is 2.34. The Balaban J connectivity index is 1.85. The third-order valence-corrected chi connectivity index (χ3v) is 3.92. The van der Waals surface area contributed by atoms with Gasteiger partial charge in [-0.05, 0) is 30.1 Å². The summed E-state index contributed by atoms with van der Waals surface area (Å²) in [5.74, 6) is 1.02. The number of hydrogen-bond acceptors (Lipinski definition) is 3. The predicted molar refractivity (Wildman–Crippen MR) is 65.3 cm³/mol. The minimum Gasteiger partial charge on any atom is -0.472 e. The van der Waals surface area contributed by atoms with Crippen molar-refractivity contribution in [2.75, 3.05) is 12.8 Å². The van der Waals surface area contributed by atoms with Crippen molar-refractivity contribution in [3.63, 3.8) is 0 Å². The molecule has 3 nitrogen and oxygen atoms in total. The van der Waals surface area contributed by atoms with Crippen molar-refractivity contribution in [3.8, 4) is 0 Å². The molecule has 0 radical (unpaired) electrons. The lowest BCUT2D eigenvalue weighted by molar-refractivity contribution is -0.131. The fourth-order valence-corrected chi connectivity index (χ4v) is 2.20. The highest BCUT2D eigenvalue weighted by Crippen LogP contribution is 2.49. The van der Waals surface area contributed by atoms with E-state index in [1.54, 1.807) is 17.4 Å². The highest BCUT2D eigenvalue weighted by molar-refractivity contribution is 7.80. The topological polar surface area (TPSA) is 33.5 Å². The number of nitrogens with zero attached hydrogens (tertiary/aromatic N) is 1. The Morgan fingerprint density at radius 2 is 2.38 bits per heavy atom. The normalized spacial score (nSPS) is 17.1. The molecule has 4 heteroatoms. The molecule has 1 heterocycles. The average Bonchev–Trinajstić information content (AvgIpc) is 2.85. The quantitative estimate of drug-likeness (QED) is 0.800. The Hall–Kier alpha value is -0.900. The number of hydrogen-bond donors (Lipinski definition) is 1. The second-order valence-electron chi connectivity index (χ2n) is 4.72. The molecule has 2 rings (SSSR count). The van der Waals surface area contributed by atoms with Crippen LogP contribution in [0.3, 0.4) is 0 Å². The first-order valence-electron chi connectivity index (χ1n) is 5.51. The summed E-state index contributed by atoms with van der Waals surface area (Å²) in [7, 11) is 1.84. The van der Waals surface area contributed by atoms with Gasteiger partial charge in [0.2, 0.25) is 5.91 Å². The molecule has 16 heavy (non-hydrogen) atoms. The lowest BCUT2D eigenvalue weighted by Gasteiger charge is -2.19. The first kappa shape index (κ1) is 11.6. The Kier molecular flexibility index (Phi) is 3.28. The third kappa shape index (κ3) is 2.61. The van der Waals surface area contributed by atoms with E-state index < -0.39 is 0 Å². The summed E-state index contributed by atoms with van der Waals surface area (Å²) in [5.41, 5.74) is 1.23. The zero-order valence-corrected chi connectivity index (χ0v) is 10.4. The second-order valence-corrected chi connectivity index (χ2v) is 5.03. The summed E-state index contributed by atoms with van der Waals surface area (Å²) in [6.45, 7) is 0.623. The third-order valence-electron chi connectivity index (χ3n) is 3.24. The molecule has 0 unspecified atom stereocenters. The molecule has 1 saturated carbocycles. The number of thiol groups is 1. The van der Waals surface area contributed by atoms with Crippen molar-refractivity contribution in [2.45, 2.75) is 25.8 Å². The molecular formula is C12H17NO2S. The number of furan rings is 1. The molecule has 0 aliphatic heterocycles. The van der Waals surface area contributed by atoms with Gasteiger partial charge in [-0.15, -0.1) is 0 Å². The van der Waals surface area contributed by atoms with Gasteiger partial charge in [0.25, 0.3) is 0 Å². The monoisotopic (exact) mass is 239 g/mol. The van der Waals surface area contributed by atoms with E-state index in [-0.39, 0.29) is 11.3 Å². The smallest absolute Gasteiger partial charge is 0.223 e. The maximum Gasteiger partial charge on any atom is 0.223 e. The summed E-state index contributed by atoms with van der Waals surface area (Å²) < 4.78 is 4.98. The van der Waals surface area contributed by atoms with Crippen LogP contribution in [0.4, 0.5) is 0 Å². The van der Waals surface area contributed by atoms with Gasteiger partial charge in [0.05, 0.1) is 12.5 Å². The van der Waals surface area contributed by atoms with Crippen LogP contribution >= 0.6 is 12.6 Å². The SMILES string of the molecule is CN(Cc1ccoc1)C(=O)CC1(CS)CC1. The largest absolute Gasteiger partial charge is 0.472 e. The summed E-state index contributed by atoms with van der Waals surface area (Å²) >= 11 is 4.31. The van der Waals surface area contributed by atoms with Gasteiger partial charge < -0.3 is 9.32 Å². The van der Waals surface area contributed by atoms with Crippen LogP contribution in [-0.4, -0.2) is 23.6 Å². The van der Waals surface area contributed by atoms with Crippen LogP contribution in [0.2, 0.25) is 0 Å². The van der Waals surface area contributed by atoms with E-state index in [9.17, 15) is 4.79 Å². The van der Waals surface area contributed by atoms with E-state index in [2.05, 4.69) is 12.6 Å². The summed E-state index contributed by atoms with van der Waals surface area (Å²) in [4.78, 5) is 13.7. The van der Waals surface area contributed by atoms with Crippen molar-refractivity contribution in [1.29, 1.82) is 0 Å². The van der Waals surface area contributed by atoms with Gasteiger partial charge in [-0.1, -0.05) is 0 Å². The zero-order chi connectivity index (χ0) is 11.6. The molecule has 1 aliphatic rings. The first-order chi connectivity index (χ1) is 7.65. The van der Waals surface area contributed by atoms with Gasteiger partial charge >= 0.3 is 0 Å². The lowest BCUT2D eigenvalue weighted by Crippen LogP contribution is -2.28. The number of carbonyl (C=O) groups is 1. The molecule has 1 fully saturated rings. The van der Waals surface area contributed by atoms with Crippen molar-refractivity contribution >= 4 is 18.5 Å². The van der Waals surface area contributed by atoms with Crippen molar-refractivity contribution in [2.24, 2.45) is 5.41 Å². The highest BCUT2D eigenvalue weighted by atomic mass is 32.1. The average molecular weight is 239 g/mol. The molecule has 1 aromatic rings. The fourth-order valence-electron chi connectivity index (χ4n) is 1.77. The van der Waals surface area contributed by atoms with Gasteiger partial charge in [0.1, 0.15) is 0 Å². The summed E-state index contributed by atoms with van der Waals surface area (Å²) in [6.07, 6.45) is 6.22. The molecule has 0 spiro atoms. The Morgan fingerprint density at radius 1 is 1.62 bits per heavy atom. The molecule has 1 amide bonds. The van der Waals surface area contributed by atoms with Crippen molar-refractivity contribution in [3.05, 3.63) is 24.2 Å². The first-order valence-corrected chi connectivity index (χ1v) is 6.14. The molecule has 1 aliphatic carbocycles. The molecule has 0 saturated heterocycles.